The van der Waals surface area contributed by atoms with E-state index in [0.29, 0.717) is 34.1 Å². The molecule has 1 aromatic carbocycles. The van der Waals surface area contributed by atoms with Crippen molar-refractivity contribution in [1.82, 2.24) is 30.4 Å². The second-order valence-corrected chi connectivity index (χ2v) is 10.2. The van der Waals surface area contributed by atoms with E-state index in [2.05, 4.69) is 20.4 Å². The Morgan fingerprint density at radius 3 is 2.06 bits per heavy atom. The maximum Gasteiger partial charge on any atom is 0.408 e. The second-order valence-electron chi connectivity index (χ2n) is 10.2. The minimum absolute atomic E-state index is 0.118. The van der Waals surface area contributed by atoms with E-state index in [1.54, 1.807) is 0 Å². The summed E-state index contributed by atoms with van der Waals surface area (Å²) in [5.41, 5.74) is 0.730. The Labute approximate surface area is 261 Å². The first-order chi connectivity index (χ1) is 21.7. The molecule has 3 aromatic rings. The Hall–Kier alpha value is -3.93. The van der Waals surface area contributed by atoms with E-state index in [1.807, 2.05) is 19.2 Å². The molecule has 4 rings (SSSR count). The van der Waals surface area contributed by atoms with Gasteiger partial charge < -0.3 is 15.6 Å². The van der Waals surface area contributed by atoms with Gasteiger partial charge >= 0.3 is 18.5 Å². The molecule has 264 valence electrons. The normalized spacial score (nSPS) is 14.9. The monoisotopic (exact) mass is 694 g/mol. The number of imidazole rings is 1. The van der Waals surface area contributed by atoms with Crippen molar-refractivity contribution in [3.8, 4) is 0 Å². The van der Waals surface area contributed by atoms with Crippen LogP contribution < -0.4 is 10.6 Å². The molecular formula is C28H33F11N6O2. The van der Waals surface area contributed by atoms with Gasteiger partial charge in [-0.3, -0.25) is 14.3 Å². The number of halogens is 11. The van der Waals surface area contributed by atoms with E-state index < -0.39 is 55.1 Å². The van der Waals surface area contributed by atoms with Gasteiger partial charge in [-0.25, -0.2) is 13.8 Å². The lowest BCUT2D eigenvalue weighted by molar-refractivity contribution is -0.284. The van der Waals surface area contributed by atoms with Gasteiger partial charge in [0, 0.05) is 32.0 Å². The second kappa shape index (κ2) is 16.3. The molecule has 1 aliphatic rings. The number of hydrogen-bond acceptors (Lipinski definition) is 4. The summed E-state index contributed by atoms with van der Waals surface area (Å²) in [7, 11) is 0. The number of H-pyrrole nitrogens is 1. The number of aromatic amines is 1. The Morgan fingerprint density at radius 1 is 0.915 bits per heavy atom. The summed E-state index contributed by atoms with van der Waals surface area (Å²) in [4.78, 5) is 30.9. The van der Waals surface area contributed by atoms with Crippen LogP contribution in [0.15, 0.2) is 30.5 Å². The zero-order valence-corrected chi connectivity index (χ0v) is 25.1. The maximum atomic E-state index is 12.6. The molecule has 0 radical (unpaired) electrons. The minimum Gasteiger partial charge on any atom is -0.352 e. The SMILES string of the molecule is CC.FC1(F)CCCCC1.O=C(CC(C(F)(F)F)C(F)(F)F)NCc1ccc2nc(CNC(=O)c3ccnn3CC(F)(F)F)[nH]c2c1. The Morgan fingerprint density at radius 2 is 1.53 bits per heavy atom. The third kappa shape index (κ3) is 13.0. The lowest BCUT2D eigenvalue weighted by Crippen LogP contribution is -2.40. The first kappa shape index (κ1) is 39.2. The number of nitrogens with zero attached hydrogens (tertiary/aromatic N) is 3. The quantitative estimate of drug-likeness (QED) is 0.211. The highest BCUT2D eigenvalue weighted by Gasteiger charge is 2.57. The molecule has 0 saturated heterocycles. The van der Waals surface area contributed by atoms with Crippen molar-refractivity contribution in [2.45, 2.75) is 96.5 Å². The first-order valence-corrected chi connectivity index (χ1v) is 14.4. The van der Waals surface area contributed by atoms with Crippen LogP contribution in [0, 0.1) is 5.92 Å². The fraction of sp³-hybridized carbons (Fsp3) is 0.571. The summed E-state index contributed by atoms with van der Waals surface area (Å²) in [5, 5.41) is 7.85. The van der Waals surface area contributed by atoms with E-state index in [4.69, 9.17) is 0 Å². The molecule has 3 N–H and O–H groups in total. The number of aromatic nitrogens is 4. The molecule has 1 fully saturated rings. The van der Waals surface area contributed by atoms with Crippen LogP contribution in [0.25, 0.3) is 11.0 Å². The number of carbonyl (C=O) groups excluding carboxylic acids is 2. The fourth-order valence-corrected chi connectivity index (χ4v) is 4.32. The lowest BCUT2D eigenvalue weighted by atomic mass is 9.97. The molecular weight excluding hydrogens is 661 g/mol. The molecule has 0 bridgehead atoms. The summed E-state index contributed by atoms with van der Waals surface area (Å²) in [5.74, 6) is -8.21. The summed E-state index contributed by atoms with van der Waals surface area (Å²) in [6.45, 7) is 1.96. The summed E-state index contributed by atoms with van der Waals surface area (Å²) >= 11 is 0. The van der Waals surface area contributed by atoms with E-state index in [1.165, 1.54) is 18.2 Å². The van der Waals surface area contributed by atoms with Crippen LogP contribution in [0.5, 0.6) is 0 Å². The molecule has 1 aliphatic carbocycles. The van der Waals surface area contributed by atoms with Gasteiger partial charge in [-0.1, -0.05) is 26.3 Å². The van der Waals surface area contributed by atoms with Crippen molar-refractivity contribution in [2.24, 2.45) is 5.92 Å². The van der Waals surface area contributed by atoms with Crippen molar-refractivity contribution in [3.05, 3.63) is 47.5 Å². The van der Waals surface area contributed by atoms with E-state index in [9.17, 15) is 57.9 Å². The molecule has 47 heavy (non-hydrogen) atoms. The zero-order valence-electron chi connectivity index (χ0n) is 25.1. The standard InChI is InChI=1S/C20H17F9N6O2.C6H10F2.C2H6/c21-18(22,23)9-35-13(3-4-32-35)17(37)31-8-15-33-11-2-1-10(5-12(11)34-15)7-30-16(36)6-14(19(24,25)26)20(27,28)29;7-6(8)4-2-1-3-5-6;1-2/h1-5,14H,6-9H2,(H,30,36)(H,31,37)(H,33,34);1-5H2;1-2H3. The summed E-state index contributed by atoms with van der Waals surface area (Å²) < 4.78 is 138. The van der Waals surface area contributed by atoms with Crippen LogP contribution in [0.2, 0.25) is 0 Å². The molecule has 0 spiro atoms. The van der Waals surface area contributed by atoms with Gasteiger partial charge in [0.2, 0.25) is 11.8 Å². The number of amides is 2. The number of rotatable bonds is 8. The smallest absolute Gasteiger partial charge is 0.352 e. The van der Waals surface area contributed by atoms with E-state index in [-0.39, 0.29) is 37.4 Å². The number of benzene rings is 1. The maximum absolute atomic E-state index is 12.6. The molecule has 2 amide bonds. The average Bonchev–Trinajstić information content (AvgIpc) is 3.59. The summed E-state index contributed by atoms with van der Waals surface area (Å²) in [6, 6.07) is 5.40. The van der Waals surface area contributed by atoms with Gasteiger partial charge in [-0.15, -0.1) is 0 Å². The highest BCUT2D eigenvalue weighted by atomic mass is 19.4. The molecule has 8 nitrogen and oxygen atoms in total. The van der Waals surface area contributed by atoms with Gasteiger partial charge in [0.05, 0.1) is 17.6 Å². The average molecular weight is 695 g/mol. The predicted molar refractivity (Wildman–Crippen MR) is 147 cm³/mol. The van der Waals surface area contributed by atoms with E-state index >= 15 is 0 Å². The lowest BCUT2D eigenvalue weighted by Gasteiger charge is -2.22. The highest BCUT2D eigenvalue weighted by molar-refractivity contribution is 5.92. The molecule has 19 heteroatoms. The third-order valence-electron chi connectivity index (χ3n) is 6.54. The van der Waals surface area contributed by atoms with Gasteiger partial charge in [-0.2, -0.15) is 44.6 Å². The number of hydrogen-bond donors (Lipinski definition) is 3. The van der Waals surface area contributed by atoms with Crippen LogP contribution >= 0.6 is 0 Å². The molecule has 0 unspecified atom stereocenters. The van der Waals surface area contributed by atoms with Crippen LogP contribution in [0.4, 0.5) is 48.3 Å². The molecule has 2 heterocycles. The van der Waals surface area contributed by atoms with Gasteiger partial charge in [0.15, 0.2) is 5.92 Å². The summed E-state index contributed by atoms with van der Waals surface area (Å²) in [6.07, 6.45) is -14.0. The van der Waals surface area contributed by atoms with E-state index in [0.717, 1.165) is 18.7 Å². The van der Waals surface area contributed by atoms with Crippen molar-refractivity contribution in [3.63, 3.8) is 0 Å². The van der Waals surface area contributed by atoms with Crippen molar-refractivity contribution < 1.29 is 57.9 Å². The van der Waals surface area contributed by atoms with Gasteiger partial charge in [0.1, 0.15) is 18.1 Å². The topological polar surface area (TPSA) is 105 Å². The van der Waals surface area contributed by atoms with Crippen LogP contribution in [0.3, 0.4) is 0 Å². The number of fused-ring (bicyclic) bond motifs is 1. The largest absolute Gasteiger partial charge is 0.408 e. The Balaban J connectivity index is 0.000000660. The predicted octanol–water partition coefficient (Wildman–Crippen LogP) is 7.61. The molecule has 0 aliphatic heterocycles. The van der Waals surface area contributed by atoms with Gasteiger partial charge in [0.25, 0.3) is 5.91 Å². The molecule has 0 atom stereocenters. The van der Waals surface area contributed by atoms with Gasteiger partial charge in [-0.05, 0) is 36.6 Å². The molecule has 1 saturated carbocycles. The van der Waals surface area contributed by atoms with Crippen LogP contribution in [0.1, 0.15) is 74.2 Å². The number of carbonyl (C=O) groups is 2. The minimum atomic E-state index is -5.63. The van der Waals surface area contributed by atoms with Crippen molar-refractivity contribution in [1.29, 1.82) is 0 Å². The fourth-order valence-electron chi connectivity index (χ4n) is 4.32. The number of nitrogens with one attached hydrogen (secondary N) is 3. The Bertz CT molecular complexity index is 1420. The Kier molecular flexibility index (Phi) is 13.6. The van der Waals surface area contributed by atoms with Crippen molar-refractivity contribution in [2.75, 3.05) is 0 Å². The highest BCUT2D eigenvalue weighted by Crippen LogP contribution is 2.41. The third-order valence-corrected chi connectivity index (χ3v) is 6.54. The van der Waals surface area contributed by atoms with Crippen molar-refractivity contribution >= 4 is 22.8 Å². The molecule has 2 aromatic heterocycles. The van der Waals surface area contributed by atoms with Crippen LogP contribution in [-0.4, -0.2) is 56.0 Å². The number of alkyl halides is 11. The van der Waals surface area contributed by atoms with Crippen LogP contribution in [-0.2, 0) is 24.4 Å². The zero-order chi connectivity index (χ0) is 35.6. The first-order valence-electron chi connectivity index (χ1n) is 14.4.